The number of aromatic nitrogens is 4. The van der Waals surface area contributed by atoms with Gasteiger partial charge < -0.3 is 9.88 Å². The van der Waals surface area contributed by atoms with E-state index in [1.165, 1.54) is 17.3 Å². The van der Waals surface area contributed by atoms with Gasteiger partial charge in [0, 0.05) is 25.8 Å². The molecule has 0 bridgehead atoms. The molecule has 0 aliphatic carbocycles. The molecular weight excluding hydrogens is 374 g/mol. The minimum Gasteiger partial charge on any atom is -0.355 e. The zero-order valence-corrected chi connectivity index (χ0v) is 17.5. The molecule has 0 saturated heterocycles. The van der Waals surface area contributed by atoms with Crippen LogP contribution >= 0.6 is 11.8 Å². The SMILES string of the molecule is CCn1nc(C)c(CCNC(=O)CSc2nc3ccccc3n(C)c2=O)c1C. The average Bonchev–Trinajstić information content (AvgIpc) is 2.97. The highest BCUT2D eigenvalue weighted by Gasteiger charge is 2.13. The van der Waals surface area contributed by atoms with Crippen molar-refractivity contribution in [1.29, 1.82) is 0 Å². The van der Waals surface area contributed by atoms with E-state index >= 15 is 0 Å². The lowest BCUT2D eigenvalue weighted by Gasteiger charge is -2.08. The van der Waals surface area contributed by atoms with E-state index in [4.69, 9.17) is 0 Å². The quantitative estimate of drug-likeness (QED) is 0.616. The number of amides is 1. The van der Waals surface area contributed by atoms with Crippen LogP contribution in [0.4, 0.5) is 0 Å². The summed E-state index contributed by atoms with van der Waals surface area (Å²) in [6.07, 6.45) is 0.740. The van der Waals surface area contributed by atoms with Gasteiger partial charge in [0.1, 0.15) is 0 Å². The Balaban J connectivity index is 1.58. The maximum absolute atomic E-state index is 12.4. The summed E-state index contributed by atoms with van der Waals surface area (Å²) in [6, 6.07) is 7.47. The fourth-order valence-corrected chi connectivity index (χ4v) is 4.06. The first kappa shape index (κ1) is 20.1. The van der Waals surface area contributed by atoms with Crippen LogP contribution in [-0.2, 0) is 24.8 Å². The van der Waals surface area contributed by atoms with E-state index in [0.717, 1.165) is 35.4 Å². The largest absolute Gasteiger partial charge is 0.355 e. The van der Waals surface area contributed by atoms with Crippen LogP contribution in [0.2, 0.25) is 0 Å². The molecule has 0 radical (unpaired) electrons. The van der Waals surface area contributed by atoms with Gasteiger partial charge in [-0.3, -0.25) is 14.3 Å². The first-order valence-corrected chi connectivity index (χ1v) is 10.3. The molecule has 0 unspecified atom stereocenters. The van der Waals surface area contributed by atoms with Gasteiger partial charge in [0.2, 0.25) is 5.91 Å². The molecule has 0 aliphatic heterocycles. The third-order valence-electron chi connectivity index (χ3n) is 4.82. The highest BCUT2D eigenvalue weighted by atomic mass is 32.2. The van der Waals surface area contributed by atoms with E-state index in [9.17, 15) is 9.59 Å². The molecule has 7 nitrogen and oxygen atoms in total. The number of nitrogens with one attached hydrogen (secondary N) is 1. The van der Waals surface area contributed by atoms with Crippen LogP contribution in [0.25, 0.3) is 11.0 Å². The lowest BCUT2D eigenvalue weighted by Crippen LogP contribution is -2.28. The number of nitrogens with zero attached hydrogens (tertiary/aromatic N) is 4. The lowest BCUT2D eigenvalue weighted by molar-refractivity contribution is -0.118. The smallest absolute Gasteiger partial charge is 0.283 e. The van der Waals surface area contributed by atoms with Crippen LogP contribution < -0.4 is 10.9 Å². The summed E-state index contributed by atoms with van der Waals surface area (Å²) in [5.41, 5.74) is 4.67. The Hall–Kier alpha value is -2.61. The molecule has 0 spiro atoms. The predicted molar refractivity (Wildman–Crippen MR) is 112 cm³/mol. The molecule has 3 rings (SSSR count). The normalized spacial score (nSPS) is 11.1. The first-order chi connectivity index (χ1) is 13.4. The second kappa shape index (κ2) is 8.60. The van der Waals surface area contributed by atoms with Crippen molar-refractivity contribution in [1.82, 2.24) is 24.6 Å². The molecule has 0 aliphatic rings. The fourth-order valence-electron chi connectivity index (χ4n) is 3.26. The van der Waals surface area contributed by atoms with Gasteiger partial charge in [-0.05, 0) is 44.9 Å². The standard InChI is InChI=1S/C20H25N5O2S/c1-5-25-14(3)15(13(2)23-25)10-11-21-18(26)12-28-19-20(27)24(4)17-9-7-6-8-16(17)22-19/h6-9H,5,10-12H2,1-4H3,(H,21,26). The average molecular weight is 400 g/mol. The zero-order chi connectivity index (χ0) is 20.3. The fraction of sp³-hybridized carbons (Fsp3) is 0.400. The molecule has 28 heavy (non-hydrogen) atoms. The molecule has 1 N–H and O–H groups in total. The van der Waals surface area contributed by atoms with Crippen LogP contribution in [0.5, 0.6) is 0 Å². The van der Waals surface area contributed by atoms with Crippen molar-refractivity contribution < 1.29 is 4.79 Å². The third kappa shape index (κ3) is 4.11. The van der Waals surface area contributed by atoms with Crippen LogP contribution in [-0.4, -0.2) is 37.5 Å². The number of carbonyl (C=O) groups is 1. The summed E-state index contributed by atoms with van der Waals surface area (Å²) < 4.78 is 3.54. The number of hydrogen-bond donors (Lipinski definition) is 1. The molecule has 0 fully saturated rings. The summed E-state index contributed by atoms with van der Waals surface area (Å²) in [5.74, 6) is 0.0486. The highest BCUT2D eigenvalue weighted by molar-refractivity contribution is 7.99. The van der Waals surface area contributed by atoms with E-state index in [1.54, 1.807) is 11.6 Å². The molecule has 2 heterocycles. The Bertz CT molecular complexity index is 1070. The van der Waals surface area contributed by atoms with Crippen LogP contribution in [0.15, 0.2) is 34.1 Å². The van der Waals surface area contributed by atoms with E-state index < -0.39 is 0 Å². The molecular formula is C20H25N5O2S. The van der Waals surface area contributed by atoms with Crippen LogP contribution in [0, 0.1) is 13.8 Å². The van der Waals surface area contributed by atoms with Crippen LogP contribution in [0.3, 0.4) is 0 Å². The Morgan fingerprint density at radius 1 is 1.25 bits per heavy atom. The predicted octanol–water partition coefficient (Wildman–Crippen LogP) is 2.22. The maximum Gasteiger partial charge on any atom is 0.283 e. The molecule has 1 aromatic carbocycles. The summed E-state index contributed by atoms with van der Waals surface area (Å²) >= 11 is 1.17. The number of aryl methyl sites for hydroxylation is 3. The van der Waals surface area contributed by atoms with Gasteiger partial charge in [-0.15, -0.1) is 0 Å². The number of thioether (sulfide) groups is 1. The van der Waals surface area contributed by atoms with Crippen molar-refractivity contribution in [2.75, 3.05) is 12.3 Å². The van der Waals surface area contributed by atoms with Crippen molar-refractivity contribution in [3.63, 3.8) is 0 Å². The number of para-hydroxylation sites is 2. The Kier molecular flexibility index (Phi) is 6.18. The monoisotopic (exact) mass is 399 g/mol. The van der Waals surface area contributed by atoms with Crippen molar-refractivity contribution in [3.05, 3.63) is 51.6 Å². The minimum atomic E-state index is -0.185. The van der Waals surface area contributed by atoms with E-state index in [0.29, 0.717) is 11.6 Å². The zero-order valence-electron chi connectivity index (χ0n) is 16.7. The molecule has 2 aromatic heterocycles. The van der Waals surface area contributed by atoms with Crippen molar-refractivity contribution in [2.45, 2.75) is 38.8 Å². The van der Waals surface area contributed by atoms with Gasteiger partial charge in [-0.1, -0.05) is 23.9 Å². The van der Waals surface area contributed by atoms with Gasteiger partial charge in [-0.25, -0.2) is 4.98 Å². The Morgan fingerprint density at radius 2 is 2.00 bits per heavy atom. The summed E-state index contributed by atoms with van der Waals surface area (Å²) in [4.78, 5) is 29.1. The van der Waals surface area contributed by atoms with Crippen molar-refractivity contribution >= 4 is 28.7 Å². The Labute approximate surface area is 168 Å². The molecule has 0 saturated carbocycles. The van der Waals surface area contributed by atoms with Crippen molar-refractivity contribution in [2.24, 2.45) is 7.05 Å². The van der Waals surface area contributed by atoms with Gasteiger partial charge >= 0.3 is 0 Å². The van der Waals surface area contributed by atoms with Crippen LogP contribution in [0.1, 0.15) is 23.9 Å². The number of hydrogen-bond acceptors (Lipinski definition) is 5. The lowest BCUT2D eigenvalue weighted by atomic mass is 10.1. The second-order valence-corrected chi connectivity index (χ2v) is 7.59. The van der Waals surface area contributed by atoms with Crippen molar-refractivity contribution in [3.8, 4) is 0 Å². The van der Waals surface area contributed by atoms with E-state index in [2.05, 4.69) is 29.2 Å². The first-order valence-electron chi connectivity index (χ1n) is 9.30. The minimum absolute atomic E-state index is 0.111. The van der Waals surface area contributed by atoms with E-state index in [1.807, 2.05) is 35.9 Å². The Morgan fingerprint density at radius 3 is 2.71 bits per heavy atom. The van der Waals surface area contributed by atoms with Gasteiger partial charge in [0.15, 0.2) is 5.03 Å². The molecule has 3 aromatic rings. The highest BCUT2D eigenvalue weighted by Crippen LogP contribution is 2.16. The number of carbonyl (C=O) groups excluding carboxylic acids is 1. The number of rotatable bonds is 7. The summed E-state index contributed by atoms with van der Waals surface area (Å²) in [5, 5.41) is 7.76. The molecule has 148 valence electrons. The summed E-state index contributed by atoms with van der Waals surface area (Å²) in [7, 11) is 1.72. The molecule has 0 atom stereocenters. The van der Waals surface area contributed by atoms with Gasteiger partial charge in [0.05, 0.1) is 22.5 Å². The number of benzene rings is 1. The third-order valence-corrected chi connectivity index (χ3v) is 5.77. The van der Waals surface area contributed by atoms with E-state index in [-0.39, 0.29) is 17.2 Å². The second-order valence-electron chi connectivity index (χ2n) is 6.62. The molecule has 8 heteroatoms. The van der Waals surface area contributed by atoms with Gasteiger partial charge in [0.25, 0.3) is 5.56 Å². The summed E-state index contributed by atoms with van der Waals surface area (Å²) in [6.45, 7) is 7.49. The van der Waals surface area contributed by atoms with Gasteiger partial charge in [-0.2, -0.15) is 5.10 Å². The number of fused-ring (bicyclic) bond motifs is 1. The maximum atomic E-state index is 12.4. The topological polar surface area (TPSA) is 81.8 Å². The molecule has 1 amide bonds.